The van der Waals surface area contributed by atoms with Gasteiger partial charge in [0.25, 0.3) is 0 Å². The predicted molar refractivity (Wildman–Crippen MR) is 98.3 cm³/mol. The Morgan fingerprint density at radius 2 is 1.80 bits per heavy atom. The topological polar surface area (TPSA) is 64.7 Å². The fourth-order valence-electron chi connectivity index (χ4n) is 2.21. The molecule has 6 nitrogen and oxygen atoms in total. The fourth-order valence-corrected chi connectivity index (χ4v) is 2.69. The van der Waals surface area contributed by atoms with Gasteiger partial charge in [-0.25, -0.2) is 0 Å². The third-order valence-corrected chi connectivity index (χ3v) is 4.13. The second-order valence-corrected chi connectivity index (χ2v) is 6.65. The van der Waals surface area contributed by atoms with Crippen LogP contribution in [0.2, 0.25) is 15.1 Å². The van der Waals surface area contributed by atoms with Gasteiger partial charge in [-0.3, -0.25) is 14.2 Å². The molecule has 2 heterocycles. The number of nitrogens with one attached hydrogen (secondary N) is 1. The number of aromatic nitrogens is 4. The standard InChI is InChI=1S/C16H14Cl3N5O/c17-12-3-1-11(2-4-12)8-24-10-14(19)16(22-24)21-15(25)5-6-23-9-13(18)7-20-23/h1-4,7,9-10H,5-6,8H2,(H,21,22,25). The van der Waals surface area contributed by atoms with Gasteiger partial charge in [0.15, 0.2) is 5.82 Å². The zero-order valence-electron chi connectivity index (χ0n) is 13.0. The van der Waals surface area contributed by atoms with Crippen LogP contribution in [-0.2, 0) is 17.9 Å². The largest absolute Gasteiger partial charge is 0.308 e. The quantitative estimate of drug-likeness (QED) is 0.679. The molecule has 0 atom stereocenters. The molecule has 0 saturated heterocycles. The van der Waals surface area contributed by atoms with Gasteiger partial charge in [0.1, 0.15) is 5.02 Å². The molecule has 0 aliphatic heterocycles. The third kappa shape index (κ3) is 4.98. The van der Waals surface area contributed by atoms with Crippen molar-refractivity contribution in [2.75, 3.05) is 5.32 Å². The van der Waals surface area contributed by atoms with Crippen LogP contribution < -0.4 is 5.32 Å². The summed E-state index contributed by atoms with van der Waals surface area (Å²) >= 11 is 17.8. The maximum Gasteiger partial charge on any atom is 0.227 e. The van der Waals surface area contributed by atoms with Crippen LogP contribution >= 0.6 is 34.8 Å². The van der Waals surface area contributed by atoms with E-state index in [1.165, 1.54) is 6.20 Å². The molecule has 0 fully saturated rings. The molecule has 1 aromatic carbocycles. The molecule has 0 unspecified atom stereocenters. The van der Waals surface area contributed by atoms with Crippen LogP contribution in [-0.4, -0.2) is 25.5 Å². The van der Waals surface area contributed by atoms with E-state index in [0.29, 0.717) is 34.0 Å². The molecule has 1 amide bonds. The second kappa shape index (κ2) is 7.91. The van der Waals surface area contributed by atoms with Crippen LogP contribution in [0, 0.1) is 0 Å². The van der Waals surface area contributed by atoms with Gasteiger partial charge in [0.05, 0.1) is 17.8 Å². The summed E-state index contributed by atoms with van der Waals surface area (Å²) in [6.07, 6.45) is 5.08. The summed E-state index contributed by atoms with van der Waals surface area (Å²) < 4.78 is 3.26. The maximum atomic E-state index is 12.0. The molecule has 0 bridgehead atoms. The van der Waals surface area contributed by atoms with E-state index < -0.39 is 0 Å². The van der Waals surface area contributed by atoms with E-state index in [4.69, 9.17) is 34.8 Å². The van der Waals surface area contributed by atoms with Gasteiger partial charge in [-0.2, -0.15) is 10.2 Å². The first-order chi connectivity index (χ1) is 12.0. The van der Waals surface area contributed by atoms with E-state index >= 15 is 0 Å². The Labute approximate surface area is 159 Å². The molecule has 0 spiro atoms. The van der Waals surface area contributed by atoms with Crippen LogP contribution in [0.1, 0.15) is 12.0 Å². The summed E-state index contributed by atoms with van der Waals surface area (Å²) in [5.41, 5.74) is 1.03. The first kappa shape index (κ1) is 17.8. The van der Waals surface area contributed by atoms with Crippen LogP contribution in [0.5, 0.6) is 0 Å². The van der Waals surface area contributed by atoms with Crippen LogP contribution in [0.25, 0.3) is 0 Å². The number of carbonyl (C=O) groups is 1. The van der Waals surface area contributed by atoms with Gasteiger partial charge in [-0.1, -0.05) is 46.9 Å². The average molecular weight is 399 g/mol. The van der Waals surface area contributed by atoms with Gasteiger partial charge < -0.3 is 5.32 Å². The zero-order valence-corrected chi connectivity index (χ0v) is 15.3. The second-order valence-electron chi connectivity index (χ2n) is 5.37. The Kier molecular flexibility index (Phi) is 5.63. The number of aryl methyl sites for hydroxylation is 1. The van der Waals surface area contributed by atoms with Crippen LogP contribution in [0.4, 0.5) is 5.82 Å². The Morgan fingerprint density at radius 1 is 1.04 bits per heavy atom. The lowest BCUT2D eigenvalue weighted by molar-refractivity contribution is -0.116. The number of nitrogens with zero attached hydrogens (tertiary/aromatic N) is 4. The third-order valence-electron chi connectivity index (χ3n) is 3.40. The smallest absolute Gasteiger partial charge is 0.227 e. The summed E-state index contributed by atoms with van der Waals surface area (Å²) in [6, 6.07) is 7.44. The van der Waals surface area contributed by atoms with E-state index in [2.05, 4.69) is 15.5 Å². The highest BCUT2D eigenvalue weighted by Crippen LogP contribution is 2.20. The monoisotopic (exact) mass is 397 g/mol. The fraction of sp³-hybridized carbons (Fsp3) is 0.188. The number of benzene rings is 1. The van der Waals surface area contributed by atoms with E-state index in [-0.39, 0.29) is 12.3 Å². The van der Waals surface area contributed by atoms with E-state index in [9.17, 15) is 4.79 Å². The molecular formula is C16H14Cl3N5O. The maximum absolute atomic E-state index is 12.0. The number of halogens is 3. The van der Waals surface area contributed by atoms with Crippen molar-refractivity contribution in [3.05, 3.63) is 63.5 Å². The number of hydrogen-bond donors (Lipinski definition) is 1. The van der Waals surface area contributed by atoms with Gasteiger partial charge in [-0.05, 0) is 17.7 Å². The van der Waals surface area contributed by atoms with E-state index in [0.717, 1.165) is 5.56 Å². The lowest BCUT2D eigenvalue weighted by Crippen LogP contribution is -2.15. The first-order valence-corrected chi connectivity index (χ1v) is 8.58. The Hall–Kier alpha value is -2.02. The number of anilines is 1. The summed E-state index contributed by atoms with van der Waals surface area (Å²) in [5, 5.41) is 12.6. The van der Waals surface area contributed by atoms with Gasteiger partial charge in [-0.15, -0.1) is 0 Å². The Morgan fingerprint density at radius 3 is 2.48 bits per heavy atom. The Bertz CT molecular complexity index is 872. The van der Waals surface area contributed by atoms with E-state index in [1.54, 1.807) is 21.8 Å². The average Bonchev–Trinajstić information content (AvgIpc) is 3.14. The van der Waals surface area contributed by atoms with Crippen LogP contribution in [0.15, 0.2) is 42.9 Å². The van der Waals surface area contributed by atoms with Crippen molar-refractivity contribution in [3.63, 3.8) is 0 Å². The van der Waals surface area contributed by atoms with E-state index in [1.807, 2.05) is 24.3 Å². The number of carbonyl (C=O) groups excluding carboxylic acids is 1. The molecule has 130 valence electrons. The number of hydrogen-bond acceptors (Lipinski definition) is 3. The predicted octanol–water partition coefficient (Wildman–Crippen LogP) is 4.12. The molecule has 0 aliphatic carbocycles. The Balaban J connectivity index is 1.58. The number of amides is 1. The van der Waals surface area contributed by atoms with Crippen molar-refractivity contribution in [3.8, 4) is 0 Å². The van der Waals surface area contributed by atoms with Crippen molar-refractivity contribution in [2.24, 2.45) is 0 Å². The molecule has 0 aliphatic rings. The van der Waals surface area contributed by atoms with Gasteiger partial charge in [0.2, 0.25) is 5.91 Å². The molecule has 2 aromatic heterocycles. The highest BCUT2D eigenvalue weighted by Gasteiger charge is 2.11. The first-order valence-electron chi connectivity index (χ1n) is 7.45. The molecule has 3 aromatic rings. The molecule has 9 heteroatoms. The minimum atomic E-state index is -0.203. The molecule has 1 N–H and O–H groups in total. The van der Waals surface area contributed by atoms with Crippen molar-refractivity contribution < 1.29 is 4.79 Å². The summed E-state index contributed by atoms with van der Waals surface area (Å²) in [5.74, 6) is 0.129. The minimum Gasteiger partial charge on any atom is -0.308 e. The summed E-state index contributed by atoms with van der Waals surface area (Å²) in [7, 11) is 0. The van der Waals surface area contributed by atoms with Gasteiger partial charge >= 0.3 is 0 Å². The number of rotatable bonds is 6. The van der Waals surface area contributed by atoms with Crippen molar-refractivity contribution in [1.82, 2.24) is 19.6 Å². The van der Waals surface area contributed by atoms with Crippen LogP contribution in [0.3, 0.4) is 0 Å². The summed E-state index contributed by atoms with van der Waals surface area (Å²) in [6.45, 7) is 0.945. The van der Waals surface area contributed by atoms with Crippen molar-refractivity contribution >= 4 is 46.5 Å². The summed E-state index contributed by atoms with van der Waals surface area (Å²) in [4.78, 5) is 12.0. The lowest BCUT2D eigenvalue weighted by Gasteiger charge is -2.04. The zero-order chi connectivity index (χ0) is 17.8. The molecular weight excluding hydrogens is 385 g/mol. The normalized spacial score (nSPS) is 10.8. The van der Waals surface area contributed by atoms with Crippen molar-refractivity contribution in [2.45, 2.75) is 19.5 Å². The lowest BCUT2D eigenvalue weighted by atomic mass is 10.2. The molecule has 3 rings (SSSR count). The highest BCUT2D eigenvalue weighted by atomic mass is 35.5. The van der Waals surface area contributed by atoms with Gasteiger partial charge in [0, 0.05) is 30.4 Å². The van der Waals surface area contributed by atoms with Crippen molar-refractivity contribution in [1.29, 1.82) is 0 Å². The minimum absolute atomic E-state index is 0.203. The molecule has 25 heavy (non-hydrogen) atoms. The molecule has 0 radical (unpaired) electrons. The SMILES string of the molecule is O=C(CCn1cc(Cl)cn1)Nc1nn(Cc2ccc(Cl)cc2)cc1Cl. The highest BCUT2D eigenvalue weighted by molar-refractivity contribution is 6.33. The molecule has 0 saturated carbocycles.